The summed E-state index contributed by atoms with van der Waals surface area (Å²) in [5.74, 6) is -1.74. The normalized spacial score (nSPS) is 24.6. The summed E-state index contributed by atoms with van der Waals surface area (Å²) in [5.41, 5.74) is 8.11. The molecule has 16 heavy (non-hydrogen) atoms. The average molecular weight is 230 g/mol. The number of hydrogen-bond donors (Lipinski definition) is 1. The van der Waals surface area contributed by atoms with Crippen LogP contribution in [0.2, 0.25) is 0 Å². The number of ether oxygens (including phenoxy) is 3. The molecule has 7 nitrogen and oxygen atoms in total. The summed E-state index contributed by atoms with van der Waals surface area (Å²) >= 11 is 0. The van der Waals surface area contributed by atoms with Crippen LogP contribution in [-0.4, -0.2) is 53.3 Å². The van der Waals surface area contributed by atoms with E-state index in [1.807, 2.05) is 0 Å². The fourth-order valence-electron chi connectivity index (χ4n) is 1.37. The van der Waals surface area contributed by atoms with Crippen LogP contribution >= 0.6 is 0 Å². The molecule has 0 saturated carbocycles. The van der Waals surface area contributed by atoms with E-state index < -0.39 is 29.7 Å². The second kappa shape index (κ2) is 4.71. The number of hydrogen-bond acceptors (Lipinski definition) is 5. The summed E-state index contributed by atoms with van der Waals surface area (Å²) in [5, 5.41) is 9.75. The summed E-state index contributed by atoms with van der Waals surface area (Å²) in [6, 6.07) is 0. The zero-order chi connectivity index (χ0) is 12.3. The van der Waals surface area contributed by atoms with Crippen molar-refractivity contribution in [1.82, 2.24) is 0 Å². The van der Waals surface area contributed by atoms with Gasteiger partial charge in [-0.3, -0.25) is 0 Å². The van der Waals surface area contributed by atoms with Crippen molar-refractivity contribution in [3.63, 3.8) is 0 Å². The van der Waals surface area contributed by atoms with Gasteiger partial charge in [0.2, 0.25) is 0 Å². The molecule has 0 aliphatic carbocycles. The molecule has 1 heterocycles. The van der Waals surface area contributed by atoms with E-state index in [2.05, 4.69) is 9.53 Å². The maximum Gasteiger partial charge on any atom is 0.419 e. The first-order valence-electron chi connectivity index (χ1n) is 4.71. The van der Waals surface area contributed by atoms with Crippen LogP contribution in [0.15, 0.2) is 0 Å². The maximum absolute atomic E-state index is 11.1. The molecular weight excluding hydrogens is 216 g/mol. The van der Waals surface area contributed by atoms with Crippen molar-refractivity contribution in [2.75, 3.05) is 13.7 Å². The first kappa shape index (κ1) is 12.8. The van der Waals surface area contributed by atoms with Crippen molar-refractivity contribution in [2.45, 2.75) is 31.8 Å². The molecule has 0 radical (unpaired) electrons. The molecule has 0 aromatic rings. The second-order valence-electron chi connectivity index (χ2n) is 3.79. The molecule has 1 N–H and O–H groups in total. The quantitative estimate of drug-likeness (QED) is 0.300. The molecule has 0 bridgehead atoms. The Balaban J connectivity index is 2.75. The Kier molecular flexibility index (Phi) is 3.77. The third kappa shape index (κ3) is 2.65. The first-order valence-corrected chi connectivity index (χ1v) is 4.71. The van der Waals surface area contributed by atoms with Crippen LogP contribution in [-0.2, 0) is 19.0 Å². The highest BCUT2D eigenvalue weighted by Gasteiger charge is 2.44. The van der Waals surface area contributed by atoms with Crippen molar-refractivity contribution in [3.05, 3.63) is 5.53 Å². The van der Waals surface area contributed by atoms with Crippen LogP contribution in [0.4, 0.5) is 0 Å². The zero-order valence-corrected chi connectivity index (χ0v) is 9.34. The number of rotatable bonds is 3. The van der Waals surface area contributed by atoms with Gasteiger partial charge in [-0.1, -0.05) is 0 Å². The van der Waals surface area contributed by atoms with Crippen LogP contribution in [0.1, 0.15) is 13.8 Å². The van der Waals surface area contributed by atoms with Crippen LogP contribution < -0.4 is 0 Å². The maximum atomic E-state index is 11.1. The van der Waals surface area contributed by atoms with Gasteiger partial charge >= 0.3 is 11.7 Å². The van der Waals surface area contributed by atoms with E-state index in [9.17, 15) is 9.90 Å². The number of aliphatic hydroxyl groups is 1. The van der Waals surface area contributed by atoms with Gasteiger partial charge in [0, 0.05) is 0 Å². The lowest BCUT2D eigenvalue weighted by molar-refractivity contribution is -0.153. The summed E-state index contributed by atoms with van der Waals surface area (Å²) in [6.07, 6.45) is -2.15. The number of carbonyl (C=O) groups excluding carboxylic acids is 1. The van der Waals surface area contributed by atoms with Gasteiger partial charge in [-0.25, -0.2) is 4.79 Å². The predicted molar refractivity (Wildman–Crippen MR) is 51.6 cm³/mol. The Morgan fingerprint density at radius 3 is 2.69 bits per heavy atom. The number of aliphatic hydroxyl groups excluding tert-OH is 1. The van der Waals surface area contributed by atoms with Crippen molar-refractivity contribution in [1.29, 1.82) is 0 Å². The van der Waals surface area contributed by atoms with E-state index in [1.165, 1.54) is 0 Å². The van der Waals surface area contributed by atoms with Crippen LogP contribution in [0, 0.1) is 0 Å². The van der Waals surface area contributed by atoms with E-state index in [0.29, 0.717) is 0 Å². The van der Waals surface area contributed by atoms with Gasteiger partial charge in [0.05, 0.1) is 13.7 Å². The zero-order valence-electron chi connectivity index (χ0n) is 9.34. The lowest BCUT2D eigenvalue weighted by atomic mass is 10.1. The Labute approximate surface area is 92.5 Å². The number of methoxy groups -OCH3 is 1. The lowest BCUT2D eigenvalue weighted by Gasteiger charge is -2.18. The second-order valence-corrected chi connectivity index (χ2v) is 3.79. The number of carbonyl (C=O) groups is 1. The van der Waals surface area contributed by atoms with Gasteiger partial charge in [0.25, 0.3) is 0 Å². The molecule has 7 heteroatoms. The minimum absolute atomic E-state index is 0.101. The Morgan fingerprint density at radius 2 is 2.31 bits per heavy atom. The Morgan fingerprint density at radius 1 is 1.69 bits per heavy atom. The molecule has 0 aromatic carbocycles. The topological polar surface area (TPSA) is 101 Å². The van der Waals surface area contributed by atoms with Crippen molar-refractivity contribution >= 4 is 11.7 Å². The largest absolute Gasteiger partial charge is 0.460 e. The number of nitrogens with zero attached hydrogens (tertiary/aromatic N) is 2. The standard InChI is InChI=1S/C9H14N2O5/c1-9(2)15-4-5(16-9)7(12)6(11-10)8(13)14-3/h5,7,12H,4H2,1-3H3/t5-,7-/m1/s1. The van der Waals surface area contributed by atoms with Crippen LogP contribution in [0.5, 0.6) is 0 Å². The molecule has 2 atom stereocenters. The molecule has 1 aliphatic rings. The lowest BCUT2D eigenvalue weighted by Crippen LogP contribution is -2.41. The van der Waals surface area contributed by atoms with Crippen molar-refractivity contribution in [2.24, 2.45) is 0 Å². The molecule has 1 rings (SSSR count). The van der Waals surface area contributed by atoms with E-state index in [4.69, 9.17) is 15.0 Å². The first-order chi connectivity index (χ1) is 7.41. The van der Waals surface area contributed by atoms with E-state index in [0.717, 1.165) is 7.11 Å². The van der Waals surface area contributed by atoms with E-state index in [-0.39, 0.29) is 6.61 Å². The highest BCUT2D eigenvalue weighted by molar-refractivity contribution is 6.35. The molecule has 0 amide bonds. The monoisotopic (exact) mass is 230 g/mol. The fraction of sp³-hybridized carbons (Fsp3) is 0.778. The highest BCUT2D eigenvalue weighted by atomic mass is 16.7. The fourth-order valence-corrected chi connectivity index (χ4v) is 1.37. The predicted octanol–water partition coefficient (Wildman–Crippen LogP) is -0.657. The molecule has 1 fully saturated rings. The van der Waals surface area contributed by atoms with Gasteiger partial charge in [-0.05, 0) is 13.8 Å². The highest BCUT2D eigenvalue weighted by Crippen LogP contribution is 2.24. The molecule has 0 aromatic heterocycles. The minimum Gasteiger partial charge on any atom is -0.460 e. The molecule has 90 valence electrons. The molecule has 0 spiro atoms. The molecule has 1 saturated heterocycles. The molecular formula is C9H14N2O5. The number of esters is 1. The third-order valence-corrected chi connectivity index (χ3v) is 2.16. The summed E-state index contributed by atoms with van der Waals surface area (Å²) in [6.45, 7) is 3.45. The average Bonchev–Trinajstić information content (AvgIpc) is 2.59. The smallest absolute Gasteiger partial charge is 0.419 e. The van der Waals surface area contributed by atoms with Crippen LogP contribution in [0.25, 0.3) is 5.53 Å². The van der Waals surface area contributed by atoms with Gasteiger partial charge in [-0.2, -0.15) is 4.79 Å². The third-order valence-electron chi connectivity index (χ3n) is 2.16. The molecule has 1 aliphatic heterocycles. The summed E-state index contributed by atoms with van der Waals surface area (Å²) in [7, 11) is 1.12. The van der Waals surface area contributed by atoms with Crippen molar-refractivity contribution < 1.29 is 28.9 Å². The minimum atomic E-state index is -1.39. The van der Waals surface area contributed by atoms with Gasteiger partial charge in [0.1, 0.15) is 6.10 Å². The van der Waals surface area contributed by atoms with Crippen LogP contribution in [0.3, 0.4) is 0 Å². The van der Waals surface area contributed by atoms with Gasteiger partial charge < -0.3 is 24.8 Å². The molecule has 0 unspecified atom stereocenters. The summed E-state index contributed by atoms with van der Waals surface area (Å²) in [4.78, 5) is 13.8. The van der Waals surface area contributed by atoms with Crippen molar-refractivity contribution in [3.8, 4) is 0 Å². The Bertz CT molecular complexity index is 335. The van der Waals surface area contributed by atoms with E-state index in [1.54, 1.807) is 13.8 Å². The summed E-state index contributed by atoms with van der Waals surface area (Å²) < 4.78 is 14.9. The SMILES string of the molecule is COC(=O)C(=[N+]=[N-])[C@H](O)[C@H]1COC(C)(C)O1. The van der Waals surface area contributed by atoms with Gasteiger partial charge in [0.15, 0.2) is 11.9 Å². The van der Waals surface area contributed by atoms with E-state index >= 15 is 0 Å². The van der Waals surface area contributed by atoms with Gasteiger partial charge in [-0.15, -0.1) is 0 Å². The Hall–Kier alpha value is -1.27.